The van der Waals surface area contributed by atoms with E-state index in [4.69, 9.17) is 0 Å². The van der Waals surface area contributed by atoms with Crippen molar-refractivity contribution in [2.45, 2.75) is 33.6 Å². The molecule has 21 heavy (non-hydrogen) atoms. The molecule has 1 aliphatic rings. The van der Waals surface area contributed by atoms with Crippen molar-refractivity contribution in [3.8, 4) is 0 Å². The molecule has 1 aliphatic carbocycles. The lowest BCUT2D eigenvalue weighted by atomic mass is 10.2. The van der Waals surface area contributed by atoms with Crippen LogP contribution in [0.2, 0.25) is 0 Å². The molecule has 5 nitrogen and oxygen atoms in total. The first-order chi connectivity index (χ1) is 10.1. The van der Waals surface area contributed by atoms with Crippen LogP contribution in [0.4, 0.5) is 5.82 Å². The molecule has 3 rings (SSSR count). The van der Waals surface area contributed by atoms with Crippen molar-refractivity contribution in [1.82, 2.24) is 15.3 Å². The minimum Gasteiger partial charge on any atom is -0.368 e. The number of hydrogen-bond donors (Lipinski definition) is 2. The smallest absolute Gasteiger partial charge is 0.223 e. The maximum Gasteiger partial charge on any atom is 0.223 e. The van der Waals surface area contributed by atoms with E-state index in [0.29, 0.717) is 13.1 Å². The number of aromatic nitrogens is 2. The van der Waals surface area contributed by atoms with Gasteiger partial charge in [-0.15, -0.1) is 11.3 Å². The summed E-state index contributed by atoms with van der Waals surface area (Å²) in [6.45, 7) is 7.42. The molecule has 0 radical (unpaired) electrons. The van der Waals surface area contributed by atoms with Gasteiger partial charge < -0.3 is 10.6 Å². The Labute approximate surface area is 128 Å². The highest BCUT2D eigenvalue weighted by Gasteiger charge is 2.28. The van der Waals surface area contributed by atoms with E-state index < -0.39 is 0 Å². The molecule has 0 unspecified atom stereocenters. The first-order valence-electron chi connectivity index (χ1n) is 7.32. The minimum atomic E-state index is 0.184. The fourth-order valence-electron chi connectivity index (χ4n) is 2.34. The average molecular weight is 304 g/mol. The van der Waals surface area contributed by atoms with Gasteiger partial charge in [0.2, 0.25) is 5.91 Å². The van der Waals surface area contributed by atoms with Crippen LogP contribution in [0.3, 0.4) is 0 Å². The molecule has 0 bridgehead atoms. The maximum absolute atomic E-state index is 11.6. The van der Waals surface area contributed by atoms with Gasteiger partial charge in [-0.05, 0) is 39.2 Å². The quantitative estimate of drug-likeness (QED) is 0.833. The molecule has 1 fully saturated rings. The van der Waals surface area contributed by atoms with Crippen molar-refractivity contribution in [2.24, 2.45) is 5.92 Å². The number of fused-ring (bicyclic) bond motifs is 1. The summed E-state index contributed by atoms with van der Waals surface area (Å²) in [5.74, 6) is 2.09. The van der Waals surface area contributed by atoms with E-state index >= 15 is 0 Å². The number of aryl methyl sites for hydroxylation is 3. The number of hydrogen-bond acceptors (Lipinski definition) is 5. The van der Waals surface area contributed by atoms with Crippen LogP contribution in [0.15, 0.2) is 0 Å². The normalized spacial score (nSPS) is 14.4. The second-order valence-corrected chi connectivity index (χ2v) is 6.78. The third-order valence-electron chi connectivity index (χ3n) is 3.81. The van der Waals surface area contributed by atoms with Gasteiger partial charge in [0.1, 0.15) is 16.5 Å². The Morgan fingerprint density at radius 3 is 2.71 bits per heavy atom. The SMILES string of the molecule is Cc1nc(NCCNC(=O)C2CC2)c2c(C)c(C)sc2n1. The molecule has 1 amide bonds. The van der Waals surface area contributed by atoms with Crippen molar-refractivity contribution in [1.29, 1.82) is 0 Å². The molecule has 2 aromatic heterocycles. The topological polar surface area (TPSA) is 66.9 Å². The lowest BCUT2D eigenvalue weighted by Gasteiger charge is -2.09. The lowest BCUT2D eigenvalue weighted by Crippen LogP contribution is -2.30. The number of rotatable bonds is 5. The molecule has 0 aliphatic heterocycles. The zero-order chi connectivity index (χ0) is 15.0. The molecule has 2 N–H and O–H groups in total. The largest absolute Gasteiger partial charge is 0.368 e. The molecule has 0 spiro atoms. The van der Waals surface area contributed by atoms with Crippen molar-refractivity contribution in [3.05, 3.63) is 16.3 Å². The van der Waals surface area contributed by atoms with E-state index in [1.165, 1.54) is 10.4 Å². The van der Waals surface area contributed by atoms with Crippen LogP contribution in [0, 0.1) is 26.7 Å². The Morgan fingerprint density at radius 1 is 1.24 bits per heavy atom. The summed E-state index contributed by atoms with van der Waals surface area (Å²) < 4.78 is 0. The Kier molecular flexibility index (Phi) is 3.80. The summed E-state index contributed by atoms with van der Waals surface area (Å²) in [5.41, 5.74) is 1.24. The van der Waals surface area contributed by atoms with Crippen LogP contribution in [-0.2, 0) is 4.79 Å². The van der Waals surface area contributed by atoms with Gasteiger partial charge in [0.05, 0.1) is 5.39 Å². The van der Waals surface area contributed by atoms with Crippen molar-refractivity contribution in [3.63, 3.8) is 0 Å². The number of thiophene rings is 1. The molecule has 0 aromatic carbocycles. The fourth-order valence-corrected chi connectivity index (χ4v) is 3.42. The minimum absolute atomic E-state index is 0.184. The number of carbonyl (C=O) groups is 1. The average Bonchev–Trinajstić information content (AvgIpc) is 3.23. The highest BCUT2D eigenvalue weighted by Crippen LogP contribution is 2.33. The predicted molar refractivity (Wildman–Crippen MR) is 85.8 cm³/mol. The molecular weight excluding hydrogens is 284 g/mol. The van der Waals surface area contributed by atoms with Gasteiger partial charge in [0.15, 0.2) is 0 Å². The molecule has 6 heteroatoms. The highest BCUT2D eigenvalue weighted by atomic mass is 32.1. The molecule has 0 saturated heterocycles. The number of nitrogens with one attached hydrogen (secondary N) is 2. The van der Waals surface area contributed by atoms with Crippen LogP contribution in [0.25, 0.3) is 10.2 Å². The van der Waals surface area contributed by atoms with Crippen molar-refractivity contribution in [2.75, 3.05) is 18.4 Å². The van der Waals surface area contributed by atoms with Crippen molar-refractivity contribution < 1.29 is 4.79 Å². The van der Waals surface area contributed by atoms with Gasteiger partial charge in [-0.3, -0.25) is 4.79 Å². The molecule has 112 valence electrons. The monoisotopic (exact) mass is 304 g/mol. The zero-order valence-corrected chi connectivity index (χ0v) is 13.4. The summed E-state index contributed by atoms with van der Waals surface area (Å²) in [5, 5.41) is 7.40. The third kappa shape index (κ3) is 3.00. The van der Waals surface area contributed by atoms with Gasteiger partial charge in [-0.25, -0.2) is 9.97 Å². The van der Waals surface area contributed by atoms with Crippen LogP contribution >= 0.6 is 11.3 Å². The first-order valence-corrected chi connectivity index (χ1v) is 8.14. The van der Waals surface area contributed by atoms with Gasteiger partial charge >= 0.3 is 0 Å². The Balaban J connectivity index is 1.69. The molecule has 1 saturated carbocycles. The Hall–Kier alpha value is -1.69. The van der Waals surface area contributed by atoms with Gasteiger partial charge in [-0.1, -0.05) is 0 Å². The predicted octanol–water partition coefficient (Wildman–Crippen LogP) is 2.55. The molecule has 2 aromatic rings. The molecule has 0 atom stereocenters. The van der Waals surface area contributed by atoms with Crippen LogP contribution in [0.1, 0.15) is 29.1 Å². The Morgan fingerprint density at radius 2 is 2.00 bits per heavy atom. The van der Waals surface area contributed by atoms with Gasteiger partial charge in [0.25, 0.3) is 0 Å². The number of carbonyl (C=O) groups excluding carboxylic acids is 1. The number of nitrogens with zero attached hydrogens (tertiary/aromatic N) is 2. The second kappa shape index (κ2) is 5.60. The van der Waals surface area contributed by atoms with E-state index in [1.54, 1.807) is 11.3 Å². The van der Waals surface area contributed by atoms with E-state index in [1.807, 2.05) is 6.92 Å². The zero-order valence-electron chi connectivity index (χ0n) is 12.6. The Bertz CT molecular complexity index is 691. The molecule has 2 heterocycles. The first kappa shape index (κ1) is 14.3. The maximum atomic E-state index is 11.6. The lowest BCUT2D eigenvalue weighted by molar-refractivity contribution is -0.122. The summed E-state index contributed by atoms with van der Waals surface area (Å²) in [4.78, 5) is 22.9. The fraction of sp³-hybridized carbons (Fsp3) is 0.533. The van der Waals surface area contributed by atoms with E-state index in [9.17, 15) is 4.79 Å². The van der Waals surface area contributed by atoms with Crippen LogP contribution < -0.4 is 10.6 Å². The summed E-state index contributed by atoms with van der Waals surface area (Å²) in [7, 11) is 0. The summed E-state index contributed by atoms with van der Waals surface area (Å²) in [6, 6.07) is 0. The number of amides is 1. The van der Waals surface area contributed by atoms with Gasteiger partial charge in [-0.2, -0.15) is 0 Å². The summed E-state index contributed by atoms with van der Waals surface area (Å²) >= 11 is 1.70. The molecular formula is C15H20N4OS. The van der Waals surface area contributed by atoms with E-state index in [2.05, 4.69) is 34.4 Å². The highest BCUT2D eigenvalue weighted by molar-refractivity contribution is 7.18. The standard InChI is InChI=1S/C15H20N4OS/c1-8-9(2)21-15-12(8)13(18-10(3)19-15)16-6-7-17-14(20)11-4-5-11/h11H,4-7H2,1-3H3,(H,17,20)(H,16,18,19). The second-order valence-electron chi connectivity index (χ2n) is 5.57. The van der Waals surface area contributed by atoms with Crippen LogP contribution in [-0.4, -0.2) is 29.0 Å². The van der Waals surface area contributed by atoms with Gasteiger partial charge in [0, 0.05) is 23.9 Å². The summed E-state index contributed by atoms with van der Waals surface area (Å²) in [6.07, 6.45) is 2.08. The number of anilines is 1. The van der Waals surface area contributed by atoms with Crippen LogP contribution in [0.5, 0.6) is 0 Å². The third-order valence-corrected chi connectivity index (χ3v) is 4.91. The van der Waals surface area contributed by atoms with E-state index in [0.717, 1.165) is 34.7 Å². The van der Waals surface area contributed by atoms with Crippen molar-refractivity contribution >= 4 is 33.3 Å². The van der Waals surface area contributed by atoms with E-state index in [-0.39, 0.29) is 11.8 Å².